The van der Waals surface area contributed by atoms with Crippen LogP contribution in [0.2, 0.25) is 0 Å². The number of aryl methyl sites for hydroxylation is 1. The number of rotatable bonds is 2. The Balaban J connectivity index is 2.41. The Bertz CT molecular complexity index is 508. The first-order valence-electron chi connectivity index (χ1n) is 4.79. The van der Waals surface area contributed by atoms with Crippen molar-refractivity contribution in [2.24, 2.45) is 0 Å². The number of hydrogen-bond donors (Lipinski definition) is 0. The van der Waals surface area contributed by atoms with Crippen molar-refractivity contribution in [2.45, 2.75) is 13.3 Å². The molecule has 0 spiro atoms. The van der Waals surface area contributed by atoms with E-state index >= 15 is 0 Å². The van der Waals surface area contributed by atoms with E-state index < -0.39 is 0 Å². The Hall–Kier alpha value is -1.66. The van der Waals surface area contributed by atoms with Crippen LogP contribution in [-0.4, -0.2) is 4.98 Å². The van der Waals surface area contributed by atoms with Crippen molar-refractivity contribution in [3.05, 3.63) is 40.9 Å². The standard InChI is InChI=1S/C12H10N2S/c1-2-10-6-7-12(15-10)11-5-3-4-9(8-13)14-11/h3-7H,2H2,1H3. The summed E-state index contributed by atoms with van der Waals surface area (Å²) >= 11 is 1.73. The summed E-state index contributed by atoms with van der Waals surface area (Å²) in [6.45, 7) is 2.13. The molecule has 0 amide bonds. The highest BCUT2D eigenvalue weighted by Crippen LogP contribution is 2.26. The van der Waals surface area contributed by atoms with E-state index in [0.29, 0.717) is 5.69 Å². The van der Waals surface area contributed by atoms with Crippen LogP contribution in [0.4, 0.5) is 0 Å². The van der Waals surface area contributed by atoms with Crippen LogP contribution in [0.1, 0.15) is 17.5 Å². The molecule has 0 aromatic carbocycles. The molecule has 0 saturated heterocycles. The van der Waals surface area contributed by atoms with E-state index in [9.17, 15) is 0 Å². The minimum absolute atomic E-state index is 0.471. The zero-order valence-corrected chi connectivity index (χ0v) is 9.21. The lowest BCUT2D eigenvalue weighted by atomic mass is 10.2. The molecule has 0 aliphatic carbocycles. The minimum Gasteiger partial charge on any atom is -0.236 e. The molecule has 2 heterocycles. The van der Waals surface area contributed by atoms with Gasteiger partial charge in [0, 0.05) is 4.88 Å². The van der Waals surface area contributed by atoms with Crippen LogP contribution in [0.15, 0.2) is 30.3 Å². The van der Waals surface area contributed by atoms with Gasteiger partial charge in [-0.05, 0) is 30.7 Å². The van der Waals surface area contributed by atoms with Crippen molar-refractivity contribution in [1.29, 1.82) is 5.26 Å². The lowest BCUT2D eigenvalue weighted by Gasteiger charge is -1.95. The molecule has 0 saturated carbocycles. The first-order valence-corrected chi connectivity index (χ1v) is 5.61. The second-order valence-corrected chi connectivity index (χ2v) is 4.31. The summed E-state index contributed by atoms with van der Waals surface area (Å²) in [5.74, 6) is 0. The molecule has 74 valence electrons. The monoisotopic (exact) mass is 214 g/mol. The summed E-state index contributed by atoms with van der Waals surface area (Å²) in [5.41, 5.74) is 1.36. The zero-order valence-electron chi connectivity index (χ0n) is 8.40. The fourth-order valence-electron chi connectivity index (χ4n) is 1.34. The molecule has 0 fully saturated rings. The van der Waals surface area contributed by atoms with Gasteiger partial charge < -0.3 is 0 Å². The van der Waals surface area contributed by atoms with Crippen LogP contribution >= 0.6 is 11.3 Å². The topological polar surface area (TPSA) is 36.7 Å². The lowest BCUT2D eigenvalue weighted by molar-refractivity contribution is 1.19. The van der Waals surface area contributed by atoms with Crippen molar-refractivity contribution >= 4 is 11.3 Å². The van der Waals surface area contributed by atoms with Gasteiger partial charge in [0.1, 0.15) is 11.8 Å². The summed E-state index contributed by atoms with van der Waals surface area (Å²) in [6, 6.07) is 11.7. The molecule has 15 heavy (non-hydrogen) atoms. The molecule has 0 atom stereocenters. The molecule has 0 aliphatic heterocycles. The Morgan fingerprint density at radius 2 is 2.20 bits per heavy atom. The van der Waals surface area contributed by atoms with Gasteiger partial charge in [-0.3, -0.25) is 0 Å². The maximum atomic E-state index is 8.75. The molecule has 2 rings (SSSR count). The highest BCUT2D eigenvalue weighted by atomic mass is 32.1. The van der Waals surface area contributed by atoms with Crippen LogP contribution < -0.4 is 0 Å². The van der Waals surface area contributed by atoms with Gasteiger partial charge in [-0.25, -0.2) is 4.98 Å². The molecule has 2 nitrogen and oxygen atoms in total. The molecule has 2 aromatic rings. The van der Waals surface area contributed by atoms with Gasteiger partial charge in [0.15, 0.2) is 0 Å². The molecular weight excluding hydrogens is 204 g/mol. The van der Waals surface area contributed by atoms with Gasteiger partial charge >= 0.3 is 0 Å². The second kappa shape index (κ2) is 4.24. The van der Waals surface area contributed by atoms with Gasteiger partial charge in [0.25, 0.3) is 0 Å². The van der Waals surface area contributed by atoms with Crippen LogP contribution in [0.25, 0.3) is 10.6 Å². The molecule has 2 aromatic heterocycles. The summed E-state index contributed by atoms with van der Waals surface area (Å²) in [4.78, 5) is 6.73. The molecule has 3 heteroatoms. The van der Waals surface area contributed by atoms with E-state index in [2.05, 4.69) is 30.1 Å². The normalized spacial score (nSPS) is 9.87. The SMILES string of the molecule is CCc1ccc(-c2cccc(C#N)n2)s1. The maximum absolute atomic E-state index is 8.75. The van der Waals surface area contributed by atoms with Gasteiger partial charge in [0.2, 0.25) is 0 Å². The van der Waals surface area contributed by atoms with Gasteiger partial charge in [-0.2, -0.15) is 5.26 Å². The number of pyridine rings is 1. The molecule has 0 bridgehead atoms. The van der Waals surface area contributed by atoms with Crippen molar-refractivity contribution in [3.63, 3.8) is 0 Å². The van der Waals surface area contributed by atoms with E-state index in [0.717, 1.165) is 17.0 Å². The van der Waals surface area contributed by atoms with Crippen molar-refractivity contribution in [1.82, 2.24) is 4.98 Å². The average molecular weight is 214 g/mol. The summed E-state index contributed by atoms with van der Waals surface area (Å²) < 4.78 is 0. The number of aromatic nitrogens is 1. The predicted octanol–water partition coefficient (Wildman–Crippen LogP) is 3.24. The fraction of sp³-hybridized carbons (Fsp3) is 0.167. The number of hydrogen-bond acceptors (Lipinski definition) is 3. The Morgan fingerprint density at radius 1 is 1.33 bits per heavy atom. The van der Waals surface area contributed by atoms with Crippen molar-refractivity contribution in [3.8, 4) is 16.6 Å². The van der Waals surface area contributed by atoms with Crippen molar-refractivity contribution < 1.29 is 0 Å². The number of nitriles is 1. The Labute approximate surface area is 92.8 Å². The summed E-state index contributed by atoms with van der Waals surface area (Å²) in [5, 5.41) is 8.75. The third-order valence-corrected chi connectivity index (χ3v) is 3.38. The van der Waals surface area contributed by atoms with Gasteiger partial charge in [0.05, 0.1) is 10.6 Å². The van der Waals surface area contributed by atoms with Gasteiger partial charge in [-0.1, -0.05) is 13.0 Å². The molecule has 0 unspecified atom stereocenters. The third-order valence-electron chi connectivity index (χ3n) is 2.13. The maximum Gasteiger partial charge on any atom is 0.141 e. The van der Waals surface area contributed by atoms with Crippen LogP contribution in [-0.2, 0) is 6.42 Å². The van der Waals surface area contributed by atoms with E-state index in [1.165, 1.54) is 4.88 Å². The van der Waals surface area contributed by atoms with E-state index in [4.69, 9.17) is 5.26 Å². The first-order chi connectivity index (χ1) is 7.33. The summed E-state index contributed by atoms with van der Waals surface area (Å²) in [6.07, 6.45) is 1.04. The number of thiophene rings is 1. The van der Waals surface area contributed by atoms with E-state index in [-0.39, 0.29) is 0 Å². The fourth-order valence-corrected chi connectivity index (χ4v) is 2.26. The van der Waals surface area contributed by atoms with Crippen LogP contribution in [0.3, 0.4) is 0 Å². The molecular formula is C12H10N2S. The lowest BCUT2D eigenvalue weighted by Crippen LogP contribution is -1.84. The minimum atomic E-state index is 0.471. The van der Waals surface area contributed by atoms with E-state index in [1.54, 1.807) is 17.4 Å². The Kier molecular flexibility index (Phi) is 2.79. The number of nitrogens with zero attached hydrogens (tertiary/aromatic N) is 2. The summed E-state index contributed by atoms with van der Waals surface area (Å²) in [7, 11) is 0. The third kappa shape index (κ3) is 2.05. The highest BCUT2D eigenvalue weighted by Gasteiger charge is 2.03. The Morgan fingerprint density at radius 3 is 2.87 bits per heavy atom. The zero-order chi connectivity index (χ0) is 10.7. The van der Waals surface area contributed by atoms with E-state index in [1.807, 2.05) is 12.1 Å². The highest BCUT2D eigenvalue weighted by molar-refractivity contribution is 7.15. The molecule has 0 aliphatic rings. The second-order valence-electron chi connectivity index (χ2n) is 3.14. The van der Waals surface area contributed by atoms with Gasteiger partial charge in [-0.15, -0.1) is 11.3 Å². The average Bonchev–Trinajstić information content (AvgIpc) is 2.78. The molecule has 0 N–H and O–H groups in total. The van der Waals surface area contributed by atoms with Crippen LogP contribution in [0.5, 0.6) is 0 Å². The first kappa shape index (κ1) is 9.88. The predicted molar refractivity (Wildman–Crippen MR) is 61.6 cm³/mol. The van der Waals surface area contributed by atoms with Crippen molar-refractivity contribution in [2.75, 3.05) is 0 Å². The largest absolute Gasteiger partial charge is 0.236 e. The molecule has 0 radical (unpaired) electrons. The van der Waals surface area contributed by atoms with Crippen LogP contribution in [0, 0.1) is 11.3 Å². The quantitative estimate of drug-likeness (QED) is 0.769. The smallest absolute Gasteiger partial charge is 0.141 e.